The zero-order valence-corrected chi connectivity index (χ0v) is 9.70. The van der Waals surface area contributed by atoms with Crippen LogP contribution in [0, 0.1) is 0 Å². The Morgan fingerprint density at radius 3 is 2.65 bits per heavy atom. The van der Waals surface area contributed by atoms with Gasteiger partial charge in [0.05, 0.1) is 5.75 Å². The lowest BCUT2D eigenvalue weighted by molar-refractivity contribution is 0.0678. The number of nitrogens with zero attached hydrogens (tertiary/aromatic N) is 2. The van der Waals surface area contributed by atoms with Gasteiger partial charge in [0.25, 0.3) is 0 Å². The lowest BCUT2D eigenvalue weighted by Crippen LogP contribution is -2.01. The molecule has 17 heavy (non-hydrogen) atoms. The van der Waals surface area contributed by atoms with Crippen LogP contribution in [0.1, 0.15) is 12.4 Å². The molecular weight excluding hydrogens is 244 g/mol. The molecule has 2 rings (SSSR count). The van der Waals surface area contributed by atoms with E-state index in [2.05, 4.69) is 4.98 Å². The van der Waals surface area contributed by atoms with Crippen molar-refractivity contribution < 1.29 is 8.78 Å². The van der Waals surface area contributed by atoms with Crippen molar-refractivity contribution in [3.8, 4) is 0 Å². The zero-order valence-electron chi connectivity index (χ0n) is 8.88. The predicted octanol–water partition coefficient (Wildman–Crippen LogP) is 3.15. The molecule has 3 nitrogen and oxygen atoms in total. The molecule has 0 saturated heterocycles. The minimum absolute atomic E-state index is 0.363. The van der Waals surface area contributed by atoms with Gasteiger partial charge >= 0.3 is 6.55 Å². The van der Waals surface area contributed by atoms with Crippen LogP contribution in [0.4, 0.5) is 14.5 Å². The molecule has 0 bridgehead atoms. The van der Waals surface area contributed by atoms with Gasteiger partial charge in [0.2, 0.25) is 0 Å². The second-order valence-electron chi connectivity index (χ2n) is 3.39. The van der Waals surface area contributed by atoms with Crippen LogP contribution in [0.15, 0.2) is 41.6 Å². The maximum absolute atomic E-state index is 12.5. The zero-order chi connectivity index (χ0) is 12.3. The van der Waals surface area contributed by atoms with Gasteiger partial charge in [-0.1, -0.05) is 0 Å². The lowest BCUT2D eigenvalue weighted by Gasteiger charge is -2.06. The fraction of sp³-hybridized carbons (Fsp3) is 0.182. The van der Waals surface area contributed by atoms with Crippen molar-refractivity contribution in [3.05, 3.63) is 42.5 Å². The molecule has 0 aliphatic heterocycles. The van der Waals surface area contributed by atoms with Crippen LogP contribution in [-0.2, 0) is 5.75 Å². The number of nitrogen functional groups attached to an aromatic ring is 1. The number of hydrogen-bond donors (Lipinski definition) is 1. The van der Waals surface area contributed by atoms with Crippen LogP contribution in [0.5, 0.6) is 0 Å². The Morgan fingerprint density at radius 1 is 1.29 bits per heavy atom. The molecule has 0 amide bonds. The molecule has 1 heterocycles. The van der Waals surface area contributed by atoms with E-state index >= 15 is 0 Å². The van der Waals surface area contributed by atoms with Crippen LogP contribution < -0.4 is 5.73 Å². The second-order valence-corrected chi connectivity index (χ2v) is 4.43. The first kappa shape index (κ1) is 11.9. The Bertz CT molecular complexity index is 482. The van der Waals surface area contributed by atoms with Gasteiger partial charge in [-0.15, -0.1) is 11.8 Å². The summed E-state index contributed by atoms with van der Waals surface area (Å²) in [6.07, 6.45) is 2.66. The number of thioether (sulfide) groups is 1. The van der Waals surface area contributed by atoms with Crippen LogP contribution in [-0.4, -0.2) is 9.55 Å². The number of halogens is 2. The number of nitrogens with two attached hydrogens (primary N) is 1. The number of anilines is 1. The summed E-state index contributed by atoms with van der Waals surface area (Å²) in [6, 6.07) is 7.27. The highest BCUT2D eigenvalue weighted by atomic mass is 32.2. The number of alkyl halides is 2. The van der Waals surface area contributed by atoms with Crippen LogP contribution in [0.25, 0.3) is 0 Å². The minimum atomic E-state index is -2.54. The van der Waals surface area contributed by atoms with E-state index in [1.54, 1.807) is 12.1 Å². The molecule has 2 aromatic rings. The van der Waals surface area contributed by atoms with Crippen molar-refractivity contribution in [2.75, 3.05) is 5.73 Å². The van der Waals surface area contributed by atoms with Gasteiger partial charge in [0.15, 0.2) is 0 Å². The maximum Gasteiger partial charge on any atom is 0.319 e. The average Bonchev–Trinajstić information content (AvgIpc) is 2.76. The van der Waals surface area contributed by atoms with Crippen LogP contribution in [0.2, 0.25) is 0 Å². The van der Waals surface area contributed by atoms with Crippen molar-refractivity contribution in [2.45, 2.75) is 17.2 Å². The normalized spacial score (nSPS) is 11.0. The molecule has 6 heteroatoms. The molecular formula is C11H11F2N3S. The van der Waals surface area contributed by atoms with Crippen molar-refractivity contribution in [1.29, 1.82) is 0 Å². The van der Waals surface area contributed by atoms with Crippen LogP contribution in [0.3, 0.4) is 0 Å². The molecule has 1 aromatic carbocycles. The van der Waals surface area contributed by atoms with Gasteiger partial charge in [-0.25, -0.2) is 4.98 Å². The number of hydrogen-bond acceptors (Lipinski definition) is 3. The first-order valence-corrected chi connectivity index (χ1v) is 5.93. The molecule has 1 aromatic heterocycles. The number of rotatable bonds is 4. The Hall–Kier alpha value is -1.56. The van der Waals surface area contributed by atoms with Gasteiger partial charge < -0.3 is 5.73 Å². The standard InChI is InChI=1S/C11H11F2N3S/c12-11(13)16-6-5-15-10(16)7-17-9-3-1-8(14)2-4-9/h1-6,11H,7,14H2. The summed E-state index contributed by atoms with van der Waals surface area (Å²) in [5.41, 5.74) is 6.24. The summed E-state index contributed by atoms with van der Waals surface area (Å²) in [5, 5.41) is 0. The SMILES string of the molecule is Nc1ccc(SCc2nccn2C(F)F)cc1. The van der Waals surface area contributed by atoms with Crippen molar-refractivity contribution in [3.63, 3.8) is 0 Å². The minimum Gasteiger partial charge on any atom is -0.399 e. The summed E-state index contributed by atoms with van der Waals surface area (Å²) in [4.78, 5) is 4.88. The summed E-state index contributed by atoms with van der Waals surface area (Å²) in [7, 11) is 0. The Labute approximate surface area is 102 Å². The summed E-state index contributed by atoms with van der Waals surface area (Å²) in [5.74, 6) is 0.767. The topological polar surface area (TPSA) is 43.8 Å². The van der Waals surface area contributed by atoms with Crippen molar-refractivity contribution >= 4 is 17.4 Å². The second kappa shape index (κ2) is 5.18. The van der Waals surface area contributed by atoms with Gasteiger partial charge in [-0.05, 0) is 24.3 Å². The molecule has 0 aliphatic rings. The van der Waals surface area contributed by atoms with E-state index in [1.807, 2.05) is 12.1 Å². The number of aromatic nitrogens is 2. The third-order valence-corrected chi connectivity index (χ3v) is 3.22. The van der Waals surface area contributed by atoms with E-state index in [1.165, 1.54) is 24.2 Å². The number of benzene rings is 1. The fourth-order valence-electron chi connectivity index (χ4n) is 1.35. The first-order valence-electron chi connectivity index (χ1n) is 4.95. The van der Waals surface area contributed by atoms with Gasteiger partial charge in [0, 0.05) is 23.0 Å². The molecule has 0 spiro atoms. The van der Waals surface area contributed by atoms with E-state index < -0.39 is 6.55 Å². The maximum atomic E-state index is 12.5. The number of imidazole rings is 1. The van der Waals surface area contributed by atoms with E-state index in [0.29, 0.717) is 17.3 Å². The quantitative estimate of drug-likeness (QED) is 0.674. The molecule has 0 aliphatic carbocycles. The van der Waals surface area contributed by atoms with Gasteiger partial charge in [-0.2, -0.15) is 8.78 Å². The third-order valence-electron chi connectivity index (χ3n) is 2.21. The highest BCUT2D eigenvalue weighted by Crippen LogP contribution is 2.24. The summed E-state index contributed by atoms with van der Waals surface area (Å²) in [6.45, 7) is -2.54. The monoisotopic (exact) mass is 255 g/mol. The molecule has 0 radical (unpaired) electrons. The van der Waals surface area contributed by atoms with E-state index in [9.17, 15) is 8.78 Å². The fourth-order valence-corrected chi connectivity index (χ4v) is 2.19. The third kappa shape index (κ3) is 2.97. The summed E-state index contributed by atoms with van der Waals surface area (Å²) < 4.78 is 25.9. The van der Waals surface area contributed by atoms with Gasteiger partial charge in [0.1, 0.15) is 5.82 Å². The van der Waals surface area contributed by atoms with Crippen molar-refractivity contribution in [1.82, 2.24) is 9.55 Å². The molecule has 2 N–H and O–H groups in total. The van der Waals surface area contributed by atoms with E-state index in [-0.39, 0.29) is 0 Å². The van der Waals surface area contributed by atoms with E-state index in [4.69, 9.17) is 5.73 Å². The largest absolute Gasteiger partial charge is 0.399 e. The Balaban J connectivity index is 2.02. The Morgan fingerprint density at radius 2 is 2.00 bits per heavy atom. The summed E-state index contributed by atoms with van der Waals surface area (Å²) >= 11 is 1.45. The molecule has 0 fully saturated rings. The lowest BCUT2D eigenvalue weighted by atomic mass is 10.3. The van der Waals surface area contributed by atoms with Gasteiger partial charge in [-0.3, -0.25) is 4.57 Å². The predicted molar refractivity (Wildman–Crippen MR) is 63.9 cm³/mol. The smallest absolute Gasteiger partial charge is 0.319 e. The molecule has 0 unspecified atom stereocenters. The molecule has 0 atom stereocenters. The highest BCUT2D eigenvalue weighted by Gasteiger charge is 2.11. The first-order chi connectivity index (χ1) is 8.16. The van der Waals surface area contributed by atoms with Crippen molar-refractivity contribution in [2.24, 2.45) is 0 Å². The Kier molecular flexibility index (Phi) is 3.63. The van der Waals surface area contributed by atoms with Crippen LogP contribution >= 0.6 is 11.8 Å². The average molecular weight is 255 g/mol. The molecule has 0 saturated carbocycles. The van der Waals surface area contributed by atoms with E-state index in [0.717, 1.165) is 9.46 Å². The molecule has 90 valence electrons. The highest BCUT2D eigenvalue weighted by molar-refractivity contribution is 7.98.